The van der Waals surface area contributed by atoms with Crippen LogP contribution in [0.4, 0.5) is 0 Å². The van der Waals surface area contributed by atoms with Crippen molar-refractivity contribution >= 4 is 17.7 Å². The van der Waals surface area contributed by atoms with Crippen molar-refractivity contribution in [3.05, 3.63) is 43.0 Å². The van der Waals surface area contributed by atoms with E-state index in [1.165, 1.54) is 17.1 Å². The first kappa shape index (κ1) is 16.0. The molecule has 0 spiro atoms. The minimum Gasteiger partial charge on any atom is -0.357 e. The summed E-state index contributed by atoms with van der Waals surface area (Å²) in [5.41, 5.74) is 0. The lowest BCUT2D eigenvalue weighted by molar-refractivity contribution is 0.475. The van der Waals surface area contributed by atoms with Gasteiger partial charge in [0.15, 0.2) is 5.96 Å². The Morgan fingerprint density at radius 2 is 2.29 bits per heavy atom. The molecule has 1 aliphatic heterocycles. The van der Waals surface area contributed by atoms with E-state index in [9.17, 15) is 0 Å². The van der Waals surface area contributed by atoms with Gasteiger partial charge in [0.05, 0.1) is 6.54 Å². The van der Waals surface area contributed by atoms with Crippen LogP contribution in [0.5, 0.6) is 0 Å². The van der Waals surface area contributed by atoms with Gasteiger partial charge < -0.3 is 10.2 Å². The fraction of sp³-hybridized carbons (Fsp3) is 0.471. The van der Waals surface area contributed by atoms with E-state index in [1.807, 2.05) is 17.8 Å². The molecule has 1 heterocycles. The van der Waals surface area contributed by atoms with Crippen molar-refractivity contribution in [1.29, 1.82) is 0 Å². The SMILES string of the molecule is C=CCN=C(NCC)N1CCC(CSc2ccccc2)C1. The summed E-state index contributed by atoms with van der Waals surface area (Å²) in [5, 5.41) is 3.38. The van der Waals surface area contributed by atoms with Crippen LogP contribution in [0.15, 0.2) is 52.9 Å². The number of benzene rings is 1. The van der Waals surface area contributed by atoms with Crippen molar-refractivity contribution in [2.24, 2.45) is 10.9 Å². The van der Waals surface area contributed by atoms with Crippen LogP contribution in [0.1, 0.15) is 13.3 Å². The van der Waals surface area contributed by atoms with Crippen molar-refractivity contribution in [3.8, 4) is 0 Å². The van der Waals surface area contributed by atoms with Gasteiger partial charge in [0.25, 0.3) is 0 Å². The van der Waals surface area contributed by atoms with Crippen molar-refractivity contribution in [3.63, 3.8) is 0 Å². The van der Waals surface area contributed by atoms with Gasteiger partial charge in [-0.25, -0.2) is 4.99 Å². The maximum Gasteiger partial charge on any atom is 0.194 e. The van der Waals surface area contributed by atoms with Crippen LogP contribution in [0.2, 0.25) is 0 Å². The first-order valence-electron chi connectivity index (χ1n) is 7.65. The van der Waals surface area contributed by atoms with E-state index >= 15 is 0 Å². The number of hydrogen-bond acceptors (Lipinski definition) is 2. The topological polar surface area (TPSA) is 27.6 Å². The number of rotatable bonds is 6. The molecule has 4 heteroatoms. The van der Waals surface area contributed by atoms with Crippen molar-refractivity contribution in [2.45, 2.75) is 18.2 Å². The fourth-order valence-corrected chi connectivity index (χ4v) is 3.52. The zero-order valence-electron chi connectivity index (χ0n) is 12.8. The number of guanidine groups is 1. The first-order chi connectivity index (χ1) is 10.3. The third-order valence-corrected chi connectivity index (χ3v) is 4.76. The molecular formula is C17H25N3S. The molecule has 2 rings (SSSR count). The lowest BCUT2D eigenvalue weighted by Crippen LogP contribution is -2.40. The molecule has 21 heavy (non-hydrogen) atoms. The third-order valence-electron chi connectivity index (χ3n) is 3.52. The molecule has 114 valence electrons. The second kappa shape index (κ2) is 8.78. The molecule has 0 aliphatic carbocycles. The average molecular weight is 303 g/mol. The van der Waals surface area contributed by atoms with Gasteiger partial charge in [0.2, 0.25) is 0 Å². The molecule has 0 amide bonds. The normalized spacial score (nSPS) is 18.8. The van der Waals surface area contributed by atoms with Gasteiger partial charge in [-0.3, -0.25) is 0 Å². The van der Waals surface area contributed by atoms with Gasteiger partial charge in [-0.2, -0.15) is 0 Å². The van der Waals surface area contributed by atoms with E-state index in [0.29, 0.717) is 6.54 Å². The molecule has 1 aromatic carbocycles. The van der Waals surface area contributed by atoms with Crippen LogP contribution in [-0.2, 0) is 0 Å². The van der Waals surface area contributed by atoms with Gasteiger partial charge in [-0.1, -0.05) is 24.3 Å². The Morgan fingerprint density at radius 3 is 3.00 bits per heavy atom. The monoisotopic (exact) mass is 303 g/mol. The van der Waals surface area contributed by atoms with Crippen molar-refractivity contribution in [2.75, 3.05) is 31.9 Å². The zero-order chi connectivity index (χ0) is 14.9. The van der Waals surface area contributed by atoms with Crippen LogP contribution < -0.4 is 5.32 Å². The van der Waals surface area contributed by atoms with Crippen LogP contribution in [0.3, 0.4) is 0 Å². The highest BCUT2D eigenvalue weighted by Gasteiger charge is 2.24. The maximum atomic E-state index is 4.57. The molecule has 1 aromatic rings. The third kappa shape index (κ3) is 5.12. The molecular weight excluding hydrogens is 278 g/mol. The van der Waals surface area contributed by atoms with Gasteiger partial charge in [-0.05, 0) is 31.4 Å². The van der Waals surface area contributed by atoms with E-state index in [0.717, 1.165) is 31.5 Å². The predicted molar refractivity (Wildman–Crippen MR) is 93.0 cm³/mol. The Morgan fingerprint density at radius 1 is 1.48 bits per heavy atom. The molecule has 1 aliphatic rings. The predicted octanol–water partition coefficient (Wildman–Crippen LogP) is 3.25. The molecule has 1 fully saturated rings. The van der Waals surface area contributed by atoms with E-state index in [1.54, 1.807) is 0 Å². The fourth-order valence-electron chi connectivity index (χ4n) is 2.47. The second-order valence-corrected chi connectivity index (χ2v) is 6.30. The number of hydrogen-bond donors (Lipinski definition) is 1. The summed E-state index contributed by atoms with van der Waals surface area (Å²) in [6.07, 6.45) is 3.09. The van der Waals surface area contributed by atoms with Crippen LogP contribution in [0.25, 0.3) is 0 Å². The molecule has 3 nitrogen and oxygen atoms in total. The lowest BCUT2D eigenvalue weighted by atomic mass is 10.2. The number of thioether (sulfide) groups is 1. The second-order valence-electron chi connectivity index (χ2n) is 5.21. The Bertz CT molecular complexity index is 458. The van der Waals surface area contributed by atoms with Gasteiger partial charge in [0.1, 0.15) is 0 Å². The maximum absolute atomic E-state index is 4.57. The Balaban J connectivity index is 1.83. The highest BCUT2D eigenvalue weighted by molar-refractivity contribution is 7.99. The van der Waals surface area contributed by atoms with Crippen LogP contribution in [0, 0.1) is 5.92 Å². The van der Waals surface area contributed by atoms with E-state index in [-0.39, 0.29) is 0 Å². The smallest absolute Gasteiger partial charge is 0.194 e. The number of nitrogens with zero attached hydrogens (tertiary/aromatic N) is 2. The average Bonchev–Trinajstić information content (AvgIpc) is 2.99. The van der Waals surface area contributed by atoms with Crippen LogP contribution >= 0.6 is 11.8 Å². The quantitative estimate of drug-likeness (QED) is 0.378. The molecule has 1 atom stereocenters. The summed E-state index contributed by atoms with van der Waals surface area (Å²) < 4.78 is 0. The molecule has 1 unspecified atom stereocenters. The minimum atomic E-state index is 0.683. The molecule has 0 radical (unpaired) electrons. The van der Waals surface area contributed by atoms with Gasteiger partial charge in [-0.15, -0.1) is 18.3 Å². The summed E-state index contributed by atoms with van der Waals surface area (Å²) in [6.45, 7) is 9.65. The van der Waals surface area contributed by atoms with E-state index in [2.05, 4.69) is 59.0 Å². The van der Waals surface area contributed by atoms with Crippen molar-refractivity contribution < 1.29 is 0 Å². The summed E-state index contributed by atoms with van der Waals surface area (Å²) >= 11 is 1.96. The number of aliphatic imine (C=N–C) groups is 1. The number of nitrogens with one attached hydrogen (secondary N) is 1. The highest BCUT2D eigenvalue weighted by atomic mass is 32.2. The molecule has 1 saturated heterocycles. The van der Waals surface area contributed by atoms with Gasteiger partial charge >= 0.3 is 0 Å². The standard InChI is InChI=1S/C17H25N3S/c1-3-11-19-17(18-4-2)20-12-10-15(13-20)14-21-16-8-6-5-7-9-16/h3,5-9,15H,1,4,10-14H2,2H3,(H,18,19). The Kier molecular flexibility index (Phi) is 6.67. The summed E-state index contributed by atoms with van der Waals surface area (Å²) in [4.78, 5) is 8.32. The molecule has 1 N–H and O–H groups in total. The van der Waals surface area contributed by atoms with Crippen molar-refractivity contribution in [1.82, 2.24) is 10.2 Å². The van der Waals surface area contributed by atoms with Crippen LogP contribution in [-0.4, -0.2) is 42.8 Å². The molecule has 0 bridgehead atoms. The summed E-state index contributed by atoms with van der Waals surface area (Å²) in [6, 6.07) is 10.7. The Labute approximate surface area is 132 Å². The van der Waals surface area contributed by atoms with Gasteiger partial charge in [0, 0.05) is 30.3 Å². The highest BCUT2D eigenvalue weighted by Crippen LogP contribution is 2.25. The van der Waals surface area contributed by atoms with E-state index in [4.69, 9.17) is 0 Å². The Hall–Kier alpha value is -1.42. The summed E-state index contributed by atoms with van der Waals surface area (Å²) in [7, 11) is 0. The minimum absolute atomic E-state index is 0.683. The lowest BCUT2D eigenvalue weighted by Gasteiger charge is -2.21. The largest absolute Gasteiger partial charge is 0.357 e. The summed E-state index contributed by atoms with van der Waals surface area (Å²) in [5.74, 6) is 2.95. The number of likely N-dealkylation sites (tertiary alicyclic amines) is 1. The molecule has 0 saturated carbocycles. The zero-order valence-corrected chi connectivity index (χ0v) is 13.6. The van der Waals surface area contributed by atoms with E-state index < -0.39 is 0 Å². The molecule has 0 aromatic heterocycles. The first-order valence-corrected chi connectivity index (χ1v) is 8.64.